The maximum absolute atomic E-state index is 12.0. The van der Waals surface area contributed by atoms with Crippen molar-refractivity contribution in [2.45, 2.75) is 19.9 Å². The number of aromatic nitrogens is 1. The topological polar surface area (TPSA) is 75.4 Å². The summed E-state index contributed by atoms with van der Waals surface area (Å²) in [6.45, 7) is 3.43. The predicted octanol–water partition coefficient (Wildman–Crippen LogP) is 1.82. The molecule has 2 aromatic heterocycles. The summed E-state index contributed by atoms with van der Waals surface area (Å²) in [5.41, 5.74) is 0.700. The van der Waals surface area contributed by atoms with Crippen LogP contribution >= 0.6 is 11.3 Å². The Hall–Kier alpha value is -1.66. The second-order valence-corrected chi connectivity index (χ2v) is 5.07. The molecule has 1 amide bonds. The first-order chi connectivity index (χ1) is 8.61. The molecule has 96 valence electrons. The molecule has 0 aliphatic heterocycles. The second kappa shape index (κ2) is 5.32. The van der Waals surface area contributed by atoms with Crippen LogP contribution in [0.2, 0.25) is 0 Å². The van der Waals surface area contributed by atoms with E-state index in [1.54, 1.807) is 19.1 Å². The number of carbonyl (C=O) groups excluding carboxylic acids is 1. The molecule has 0 spiro atoms. The lowest BCUT2D eigenvalue weighted by molar-refractivity contribution is 0.0910. The minimum Gasteiger partial charge on any atom is -0.467 e. The van der Waals surface area contributed by atoms with Crippen molar-refractivity contribution >= 4 is 17.2 Å². The molecule has 0 bridgehead atoms. The van der Waals surface area contributed by atoms with Crippen LogP contribution in [0.25, 0.3) is 0 Å². The first-order valence-corrected chi connectivity index (χ1v) is 6.32. The third-order valence-electron chi connectivity index (χ3n) is 2.48. The maximum Gasteiger partial charge on any atom is 0.263 e. The summed E-state index contributed by atoms with van der Waals surface area (Å²) in [7, 11) is 0. The molecule has 0 aliphatic rings. The maximum atomic E-state index is 12.0. The largest absolute Gasteiger partial charge is 0.467 e. The van der Waals surface area contributed by atoms with Crippen LogP contribution in [0.3, 0.4) is 0 Å². The van der Waals surface area contributed by atoms with Gasteiger partial charge in [0.2, 0.25) is 0 Å². The Morgan fingerprint density at radius 2 is 2.39 bits per heavy atom. The third-order valence-corrected chi connectivity index (χ3v) is 3.56. The number of nitrogens with one attached hydrogen (secondary N) is 1. The number of aliphatic hydroxyl groups excluding tert-OH is 1. The van der Waals surface area contributed by atoms with Crippen molar-refractivity contribution < 1.29 is 14.3 Å². The first kappa shape index (κ1) is 12.8. The van der Waals surface area contributed by atoms with Gasteiger partial charge in [-0.2, -0.15) is 0 Å². The monoisotopic (exact) mass is 266 g/mol. The molecule has 1 atom stereocenters. The summed E-state index contributed by atoms with van der Waals surface area (Å²) in [6, 6.07) is 2.90. The average molecular weight is 266 g/mol. The number of hydrogen-bond acceptors (Lipinski definition) is 5. The Balaban J connectivity index is 2.13. The van der Waals surface area contributed by atoms with Crippen LogP contribution in [-0.2, 0) is 0 Å². The number of aliphatic hydroxyl groups is 1. The molecular weight excluding hydrogens is 252 g/mol. The van der Waals surface area contributed by atoms with E-state index < -0.39 is 6.04 Å². The number of thiazole rings is 1. The predicted molar refractivity (Wildman–Crippen MR) is 67.6 cm³/mol. The fourth-order valence-electron chi connectivity index (χ4n) is 1.66. The molecule has 0 saturated carbocycles. The zero-order valence-corrected chi connectivity index (χ0v) is 11.0. The lowest BCUT2D eigenvalue weighted by atomic mass is 10.2. The zero-order valence-electron chi connectivity index (χ0n) is 10.1. The molecule has 2 heterocycles. The molecule has 0 saturated heterocycles. The Labute approximate surface area is 108 Å². The normalized spacial score (nSPS) is 12.4. The Morgan fingerprint density at radius 1 is 1.61 bits per heavy atom. The van der Waals surface area contributed by atoms with Crippen LogP contribution in [0, 0.1) is 13.8 Å². The van der Waals surface area contributed by atoms with Crippen LogP contribution < -0.4 is 5.32 Å². The lowest BCUT2D eigenvalue weighted by Crippen LogP contribution is -2.30. The van der Waals surface area contributed by atoms with Crippen molar-refractivity contribution in [2.24, 2.45) is 0 Å². The molecule has 0 aromatic carbocycles. The molecule has 2 rings (SSSR count). The van der Waals surface area contributed by atoms with Crippen molar-refractivity contribution in [3.63, 3.8) is 0 Å². The van der Waals surface area contributed by atoms with Gasteiger partial charge in [-0.3, -0.25) is 4.79 Å². The van der Waals surface area contributed by atoms with Gasteiger partial charge in [0, 0.05) is 0 Å². The number of nitrogens with zero attached hydrogens (tertiary/aromatic N) is 1. The Bertz CT molecular complexity index is 534. The summed E-state index contributed by atoms with van der Waals surface area (Å²) >= 11 is 1.34. The smallest absolute Gasteiger partial charge is 0.263 e. The summed E-state index contributed by atoms with van der Waals surface area (Å²) < 4.78 is 5.17. The van der Waals surface area contributed by atoms with Gasteiger partial charge < -0.3 is 14.8 Å². The molecule has 1 unspecified atom stereocenters. The van der Waals surface area contributed by atoms with E-state index in [0.29, 0.717) is 16.3 Å². The molecule has 6 heteroatoms. The van der Waals surface area contributed by atoms with E-state index in [-0.39, 0.29) is 12.5 Å². The quantitative estimate of drug-likeness (QED) is 0.885. The van der Waals surface area contributed by atoms with Crippen molar-refractivity contribution in [1.29, 1.82) is 0 Å². The Morgan fingerprint density at radius 3 is 2.89 bits per heavy atom. The number of aryl methyl sites for hydroxylation is 2. The number of carbonyl (C=O) groups is 1. The van der Waals surface area contributed by atoms with E-state index >= 15 is 0 Å². The molecule has 0 aliphatic carbocycles. The highest BCUT2D eigenvalue weighted by molar-refractivity contribution is 7.13. The van der Waals surface area contributed by atoms with E-state index in [9.17, 15) is 9.90 Å². The van der Waals surface area contributed by atoms with Gasteiger partial charge in [0.15, 0.2) is 0 Å². The minimum atomic E-state index is -0.533. The van der Waals surface area contributed by atoms with Crippen LogP contribution in [0.4, 0.5) is 0 Å². The molecule has 5 nitrogen and oxygen atoms in total. The second-order valence-electron chi connectivity index (χ2n) is 3.87. The van der Waals surface area contributed by atoms with Crippen molar-refractivity contribution in [3.8, 4) is 0 Å². The molecular formula is C12H14N2O3S. The zero-order chi connectivity index (χ0) is 13.1. The van der Waals surface area contributed by atoms with Gasteiger partial charge in [0.25, 0.3) is 5.91 Å². The highest BCUT2D eigenvalue weighted by Crippen LogP contribution is 2.19. The van der Waals surface area contributed by atoms with Crippen LogP contribution in [0.5, 0.6) is 0 Å². The summed E-state index contributed by atoms with van der Waals surface area (Å²) in [6.07, 6.45) is 1.51. The molecule has 2 N–H and O–H groups in total. The molecule has 2 aromatic rings. The van der Waals surface area contributed by atoms with Gasteiger partial charge in [0.05, 0.1) is 23.6 Å². The van der Waals surface area contributed by atoms with E-state index in [4.69, 9.17) is 4.42 Å². The van der Waals surface area contributed by atoms with Gasteiger partial charge in [-0.05, 0) is 26.0 Å². The summed E-state index contributed by atoms with van der Waals surface area (Å²) in [5, 5.41) is 12.9. The van der Waals surface area contributed by atoms with Gasteiger partial charge in [-0.15, -0.1) is 11.3 Å². The van der Waals surface area contributed by atoms with Crippen molar-refractivity contribution in [1.82, 2.24) is 10.3 Å². The number of hydrogen-bond donors (Lipinski definition) is 2. The molecule has 18 heavy (non-hydrogen) atoms. The van der Waals surface area contributed by atoms with Crippen molar-refractivity contribution in [2.75, 3.05) is 6.61 Å². The minimum absolute atomic E-state index is 0.212. The van der Waals surface area contributed by atoms with Crippen LogP contribution in [-0.4, -0.2) is 22.6 Å². The average Bonchev–Trinajstić information content (AvgIpc) is 2.95. The SMILES string of the molecule is Cc1nc(C)c(C(=O)NC(CO)c2ccco2)s1. The van der Waals surface area contributed by atoms with E-state index in [0.717, 1.165) is 5.01 Å². The van der Waals surface area contributed by atoms with E-state index in [1.807, 2.05) is 6.92 Å². The van der Waals surface area contributed by atoms with Gasteiger partial charge in [0.1, 0.15) is 16.7 Å². The van der Waals surface area contributed by atoms with E-state index in [2.05, 4.69) is 10.3 Å². The van der Waals surface area contributed by atoms with Gasteiger partial charge >= 0.3 is 0 Å². The fraction of sp³-hybridized carbons (Fsp3) is 0.333. The number of rotatable bonds is 4. The number of furan rings is 1. The highest BCUT2D eigenvalue weighted by Gasteiger charge is 2.20. The fourth-order valence-corrected chi connectivity index (χ4v) is 2.49. The van der Waals surface area contributed by atoms with Crippen molar-refractivity contribution in [3.05, 3.63) is 39.7 Å². The van der Waals surface area contributed by atoms with E-state index in [1.165, 1.54) is 17.6 Å². The van der Waals surface area contributed by atoms with Crippen LogP contribution in [0.1, 0.15) is 32.2 Å². The third kappa shape index (κ3) is 2.60. The summed E-state index contributed by atoms with van der Waals surface area (Å²) in [4.78, 5) is 16.8. The Kier molecular flexibility index (Phi) is 3.78. The van der Waals surface area contributed by atoms with Crippen LogP contribution in [0.15, 0.2) is 22.8 Å². The van der Waals surface area contributed by atoms with Gasteiger partial charge in [-0.25, -0.2) is 4.98 Å². The molecule has 0 fully saturated rings. The van der Waals surface area contributed by atoms with Gasteiger partial charge in [-0.1, -0.05) is 0 Å². The first-order valence-electron chi connectivity index (χ1n) is 5.51. The molecule has 0 radical (unpaired) electrons. The lowest BCUT2D eigenvalue weighted by Gasteiger charge is -2.13. The standard InChI is InChI=1S/C12H14N2O3S/c1-7-11(18-8(2)13-7)12(16)14-9(6-15)10-4-3-5-17-10/h3-5,9,15H,6H2,1-2H3,(H,14,16). The summed E-state index contributed by atoms with van der Waals surface area (Å²) in [5.74, 6) is 0.290. The highest BCUT2D eigenvalue weighted by atomic mass is 32.1. The number of amides is 1.